The Labute approximate surface area is 108 Å². The molecule has 0 unspecified atom stereocenters. The van der Waals surface area contributed by atoms with Crippen LogP contribution in [0.15, 0.2) is 11.1 Å². The van der Waals surface area contributed by atoms with E-state index in [-0.39, 0.29) is 17.3 Å². The van der Waals surface area contributed by atoms with E-state index in [4.69, 9.17) is 10.5 Å². The van der Waals surface area contributed by atoms with Crippen molar-refractivity contribution in [1.82, 2.24) is 14.1 Å². The molecule has 104 valence electrons. The summed E-state index contributed by atoms with van der Waals surface area (Å²) in [4.78, 5) is 0.0505. The summed E-state index contributed by atoms with van der Waals surface area (Å²) in [6, 6.07) is 0. The first-order valence-corrected chi connectivity index (χ1v) is 7.15. The summed E-state index contributed by atoms with van der Waals surface area (Å²) in [5.74, 6) is 0.0349. The molecular formula is C10H20N4O3S. The van der Waals surface area contributed by atoms with Gasteiger partial charge in [0.15, 0.2) is 5.82 Å². The number of hydrogen-bond donors (Lipinski definition) is 1. The van der Waals surface area contributed by atoms with E-state index in [1.54, 1.807) is 4.68 Å². The van der Waals surface area contributed by atoms with Crippen molar-refractivity contribution in [2.45, 2.75) is 24.8 Å². The van der Waals surface area contributed by atoms with E-state index in [9.17, 15) is 8.42 Å². The highest BCUT2D eigenvalue weighted by atomic mass is 32.2. The van der Waals surface area contributed by atoms with Crippen molar-refractivity contribution >= 4 is 15.8 Å². The average molecular weight is 276 g/mol. The third-order valence-corrected chi connectivity index (χ3v) is 4.38. The summed E-state index contributed by atoms with van der Waals surface area (Å²) in [7, 11) is -0.581. The molecule has 0 saturated carbocycles. The van der Waals surface area contributed by atoms with Crippen LogP contribution in [0.3, 0.4) is 0 Å². The van der Waals surface area contributed by atoms with Gasteiger partial charge in [0.25, 0.3) is 0 Å². The van der Waals surface area contributed by atoms with Crippen LogP contribution in [-0.2, 0) is 21.3 Å². The number of nitrogens with zero attached hydrogens (tertiary/aromatic N) is 3. The molecule has 1 aromatic heterocycles. The fourth-order valence-electron chi connectivity index (χ4n) is 1.47. The van der Waals surface area contributed by atoms with E-state index < -0.39 is 10.0 Å². The van der Waals surface area contributed by atoms with E-state index in [0.717, 1.165) is 6.42 Å². The molecule has 1 rings (SSSR count). The minimum absolute atomic E-state index is 0.0349. The zero-order valence-corrected chi connectivity index (χ0v) is 11.8. The summed E-state index contributed by atoms with van der Waals surface area (Å²) < 4.78 is 32.0. The fourth-order valence-corrected chi connectivity index (χ4v) is 2.68. The van der Waals surface area contributed by atoms with Crippen LogP contribution in [-0.4, -0.2) is 49.8 Å². The van der Waals surface area contributed by atoms with Gasteiger partial charge in [-0.3, -0.25) is 4.68 Å². The van der Waals surface area contributed by atoms with Gasteiger partial charge in [0, 0.05) is 33.4 Å². The van der Waals surface area contributed by atoms with Gasteiger partial charge >= 0.3 is 0 Å². The van der Waals surface area contributed by atoms with E-state index in [1.165, 1.54) is 24.7 Å². The second-order valence-corrected chi connectivity index (χ2v) is 5.97. The van der Waals surface area contributed by atoms with Crippen molar-refractivity contribution in [3.8, 4) is 0 Å². The quantitative estimate of drug-likeness (QED) is 0.765. The molecule has 0 aliphatic carbocycles. The van der Waals surface area contributed by atoms with E-state index in [0.29, 0.717) is 13.2 Å². The van der Waals surface area contributed by atoms with Crippen LogP contribution in [0.25, 0.3) is 0 Å². The normalized spacial score (nSPS) is 12.2. The van der Waals surface area contributed by atoms with E-state index in [2.05, 4.69) is 5.10 Å². The van der Waals surface area contributed by atoms with Crippen LogP contribution < -0.4 is 5.73 Å². The highest BCUT2D eigenvalue weighted by molar-refractivity contribution is 7.89. The number of rotatable bonds is 7. The van der Waals surface area contributed by atoms with Crippen LogP contribution in [0.4, 0.5) is 5.82 Å². The molecule has 1 heterocycles. The number of methoxy groups -OCH3 is 1. The standard InChI is InChI=1S/C10H20N4O3S/c1-4-5-14-8-9(10(11)12-14)18(15,16)13(2)6-7-17-3/h8H,4-7H2,1-3H3,(H2,11,12). The van der Waals surface area contributed by atoms with Gasteiger partial charge in [-0.15, -0.1) is 0 Å². The third-order valence-electron chi connectivity index (χ3n) is 2.51. The van der Waals surface area contributed by atoms with Crippen LogP contribution in [0, 0.1) is 0 Å². The van der Waals surface area contributed by atoms with Crippen molar-refractivity contribution in [2.24, 2.45) is 0 Å². The zero-order valence-electron chi connectivity index (χ0n) is 11.0. The summed E-state index contributed by atoms with van der Waals surface area (Å²) in [6.07, 6.45) is 2.33. The smallest absolute Gasteiger partial charge is 0.248 e. The van der Waals surface area contributed by atoms with Gasteiger partial charge in [-0.2, -0.15) is 9.40 Å². The lowest BCUT2D eigenvalue weighted by Crippen LogP contribution is -2.30. The van der Waals surface area contributed by atoms with Crippen LogP contribution in [0.5, 0.6) is 0 Å². The number of likely N-dealkylation sites (N-methyl/N-ethyl adjacent to an activating group) is 1. The molecule has 0 amide bonds. The van der Waals surface area contributed by atoms with Crippen molar-refractivity contribution in [3.05, 3.63) is 6.20 Å². The second kappa shape index (κ2) is 6.17. The number of nitrogen functional groups attached to an aromatic ring is 1. The molecular weight excluding hydrogens is 256 g/mol. The first-order chi connectivity index (χ1) is 8.43. The molecule has 0 aliphatic heterocycles. The molecule has 0 aromatic carbocycles. The molecule has 0 aliphatic rings. The molecule has 0 atom stereocenters. The number of aromatic nitrogens is 2. The van der Waals surface area contributed by atoms with Gasteiger partial charge in [-0.1, -0.05) is 6.92 Å². The van der Waals surface area contributed by atoms with Crippen molar-refractivity contribution in [3.63, 3.8) is 0 Å². The molecule has 0 radical (unpaired) electrons. The Kier molecular flexibility index (Phi) is 5.12. The maximum atomic E-state index is 12.2. The van der Waals surface area contributed by atoms with Gasteiger partial charge in [0.1, 0.15) is 4.90 Å². The van der Waals surface area contributed by atoms with Crippen LogP contribution in [0.2, 0.25) is 0 Å². The van der Waals surface area contributed by atoms with Crippen molar-refractivity contribution < 1.29 is 13.2 Å². The lowest BCUT2D eigenvalue weighted by atomic mass is 10.5. The Morgan fingerprint density at radius 3 is 2.78 bits per heavy atom. The molecule has 0 bridgehead atoms. The topological polar surface area (TPSA) is 90.5 Å². The number of sulfonamides is 1. The molecule has 0 spiro atoms. The van der Waals surface area contributed by atoms with Gasteiger partial charge < -0.3 is 10.5 Å². The predicted octanol–water partition coefficient (Wildman–Crippen LogP) is 0.142. The number of aryl methyl sites for hydroxylation is 1. The van der Waals surface area contributed by atoms with E-state index in [1.807, 2.05) is 6.92 Å². The van der Waals surface area contributed by atoms with E-state index >= 15 is 0 Å². The fraction of sp³-hybridized carbons (Fsp3) is 0.700. The number of nitrogens with two attached hydrogens (primary N) is 1. The van der Waals surface area contributed by atoms with Gasteiger partial charge in [-0.05, 0) is 6.42 Å². The molecule has 0 fully saturated rings. The van der Waals surface area contributed by atoms with Crippen LogP contribution >= 0.6 is 0 Å². The average Bonchev–Trinajstić information content (AvgIpc) is 2.68. The Bertz CT molecular complexity index is 483. The Hall–Kier alpha value is -1.12. The minimum Gasteiger partial charge on any atom is -0.383 e. The second-order valence-electron chi connectivity index (χ2n) is 3.96. The lowest BCUT2D eigenvalue weighted by Gasteiger charge is -2.15. The zero-order chi connectivity index (χ0) is 13.8. The first kappa shape index (κ1) is 14.9. The SMILES string of the molecule is CCCn1cc(S(=O)(=O)N(C)CCOC)c(N)n1. The maximum absolute atomic E-state index is 12.2. The highest BCUT2D eigenvalue weighted by Gasteiger charge is 2.25. The monoisotopic (exact) mass is 276 g/mol. The molecule has 7 nitrogen and oxygen atoms in total. The predicted molar refractivity (Wildman–Crippen MR) is 68.6 cm³/mol. The molecule has 0 saturated heterocycles. The first-order valence-electron chi connectivity index (χ1n) is 5.71. The highest BCUT2D eigenvalue weighted by Crippen LogP contribution is 2.20. The number of ether oxygens (including phenoxy) is 1. The molecule has 1 aromatic rings. The van der Waals surface area contributed by atoms with Gasteiger partial charge in [0.2, 0.25) is 10.0 Å². The largest absolute Gasteiger partial charge is 0.383 e. The molecule has 18 heavy (non-hydrogen) atoms. The van der Waals surface area contributed by atoms with Crippen molar-refractivity contribution in [1.29, 1.82) is 0 Å². The summed E-state index contributed by atoms with van der Waals surface area (Å²) in [6.45, 7) is 3.23. The number of hydrogen-bond acceptors (Lipinski definition) is 5. The lowest BCUT2D eigenvalue weighted by molar-refractivity contribution is 0.185. The number of anilines is 1. The van der Waals surface area contributed by atoms with Crippen LogP contribution in [0.1, 0.15) is 13.3 Å². The van der Waals surface area contributed by atoms with Crippen molar-refractivity contribution in [2.75, 3.05) is 33.0 Å². The Morgan fingerprint density at radius 1 is 1.56 bits per heavy atom. The minimum atomic E-state index is -3.59. The third kappa shape index (κ3) is 3.21. The summed E-state index contributed by atoms with van der Waals surface area (Å²) >= 11 is 0. The molecule has 8 heteroatoms. The van der Waals surface area contributed by atoms with Gasteiger partial charge in [0.05, 0.1) is 6.61 Å². The molecule has 2 N–H and O–H groups in total. The summed E-state index contributed by atoms with van der Waals surface area (Å²) in [5, 5.41) is 3.99. The Morgan fingerprint density at radius 2 is 2.22 bits per heavy atom. The maximum Gasteiger partial charge on any atom is 0.248 e. The van der Waals surface area contributed by atoms with Gasteiger partial charge in [-0.25, -0.2) is 8.42 Å². The Balaban J connectivity index is 2.97. The summed E-state index contributed by atoms with van der Waals surface area (Å²) in [5.41, 5.74) is 5.66.